The van der Waals surface area contributed by atoms with Crippen molar-refractivity contribution in [1.82, 2.24) is 10.3 Å². The third kappa shape index (κ3) is 4.33. The fraction of sp³-hybridized carbons (Fsp3) is 0.296. The highest BCUT2D eigenvalue weighted by molar-refractivity contribution is 5.94. The van der Waals surface area contributed by atoms with Crippen molar-refractivity contribution in [1.29, 1.82) is 5.26 Å². The Balaban J connectivity index is 1.28. The summed E-state index contributed by atoms with van der Waals surface area (Å²) in [5, 5.41) is 12.4. The van der Waals surface area contributed by atoms with Gasteiger partial charge in [-0.2, -0.15) is 5.26 Å². The number of para-hydroxylation sites is 2. The smallest absolute Gasteiger partial charge is 0.251 e. The van der Waals surface area contributed by atoms with E-state index >= 15 is 0 Å². The van der Waals surface area contributed by atoms with Crippen LogP contribution in [0.5, 0.6) is 5.75 Å². The molecule has 2 aliphatic heterocycles. The number of carbonyl (C=O) groups is 1. The second-order valence-electron chi connectivity index (χ2n) is 8.58. The van der Waals surface area contributed by atoms with E-state index in [1.165, 1.54) is 11.1 Å². The van der Waals surface area contributed by atoms with Gasteiger partial charge in [-0.05, 0) is 59.0 Å². The van der Waals surface area contributed by atoms with Crippen molar-refractivity contribution in [3.63, 3.8) is 0 Å². The van der Waals surface area contributed by atoms with Crippen molar-refractivity contribution < 1.29 is 14.3 Å². The molecule has 0 saturated heterocycles. The number of hydrogen-bond acceptors (Lipinski definition) is 6. The van der Waals surface area contributed by atoms with Crippen molar-refractivity contribution >= 4 is 11.6 Å². The number of hydrogen-bond donors (Lipinski definition) is 1. The van der Waals surface area contributed by atoms with Crippen LogP contribution in [0, 0.1) is 11.3 Å². The van der Waals surface area contributed by atoms with Crippen LogP contribution in [0.15, 0.2) is 54.7 Å². The van der Waals surface area contributed by atoms with Gasteiger partial charge in [0.1, 0.15) is 5.75 Å². The first-order valence-electron chi connectivity index (χ1n) is 11.4. The Labute approximate surface area is 198 Å². The minimum Gasteiger partial charge on any atom is -0.495 e. The normalized spacial score (nSPS) is 16.7. The van der Waals surface area contributed by atoms with Crippen molar-refractivity contribution in [3.8, 4) is 11.8 Å². The maximum Gasteiger partial charge on any atom is 0.251 e. The molecule has 1 N–H and O–H groups in total. The van der Waals surface area contributed by atoms with E-state index in [0.29, 0.717) is 25.3 Å². The van der Waals surface area contributed by atoms with Crippen LogP contribution in [-0.2, 0) is 30.9 Å². The van der Waals surface area contributed by atoms with Crippen LogP contribution in [0.25, 0.3) is 0 Å². The maximum atomic E-state index is 12.8. The molecule has 2 aromatic carbocycles. The summed E-state index contributed by atoms with van der Waals surface area (Å²) < 4.78 is 11.0. The van der Waals surface area contributed by atoms with Crippen LogP contribution in [0.4, 0.5) is 5.69 Å². The fourth-order valence-corrected chi connectivity index (χ4v) is 4.63. The van der Waals surface area contributed by atoms with E-state index in [4.69, 9.17) is 9.47 Å². The van der Waals surface area contributed by atoms with E-state index in [0.717, 1.165) is 47.8 Å². The number of fused-ring (bicyclic) bond motifs is 2. The van der Waals surface area contributed by atoms with E-state index in [9.17, 15) is 10.1 Å². The van der Waals surface area contributed by atoms with E-state index in [1.807, 2.05) is 36.5 Å². The summed E-state index contributed by atoms with van der Waals surface area (Å²) in [5.74, 6) is 0.342. The van der Waals surface area contributed by atoms with Gasteiger partial charge in [0.2, 0.25) is 0 Å². The van der Waals surface area contributed by atoms with E-state index < -0.39 is 0 Å². The predicted octanol–water partition coefficient (Wildman–Crippen LogP) is 3.72. The summed E-state index contributed by atoms with van der Waals surface area (Å²) >= 11 is 0. The molecule has 0 saturated carbocycles. The van der Waals surface area contributed by atoms with Gasteiger partial charge < -0.3 is 19.7 Å². The molecular formula is C27H26N4O3. The second-order valence-corrected chi connectivity index (χ2v) is 8.58. The SMILES string of the molecule is COc1ccccc1N1CCc2cnc(CNC(=O)c3ccc4c(c3)C(C#N)COC4)cc2C1. The molecule has 172 valence electrons. The summed E-state index contributed by atoms with van der Waals surface area (Å²) in [7, 11) is 1.69. The average Bonchev–Trinajstić information content (AvgIpc) is 2.90. The molecule has 7 nitrogen and oxygen atoms in total. The predicted molar refractivity (Wildman–Crippen MR) is 128 cm³/mol. The highest BCUT2D eigenvalue weighted by Crippen LogP contribution is 2.32. The minimum atomic E-state index is -0.343. The number of carbonyl (C=O) groups excluding carboxylic acids is 1. The largest absolute Gasteiger partial charge is 0.495 e. The molecule has 0 fully saturated rings. The van der Waals surface area contributed by atoms with E-state index in [1.54, 1.807) is 13.2 Å². The standard InChI is InChI=1S/C27H26N4O3/c1-33-26-5-3-2-4-25(26)31-9-8-19-13-29-23(10-21(19)15-31)14-30-27(32)18-6-7-20-16-34-17-22(12-28)24(20)11-18/h2-7,10-11,13,22H,8-9,14-17H2,1H3,(H,30,32). The van der Waals surface area contributed by atoms with Gasteiger partial charge in [0.15, 0.2) is 0 Å². The number of nitriles is 1. The lowest BCUT2D eigenvalue weighted by molar-refractivity contribution is 0.0945. The summed E-state index contributed by atoms with van der Waals surface area (Å²) in [6.45, 7) is 2.84. The number of methoxy groups -OCH3 is 1. The molecule has 7 heteroatoms. The van der Waals surface area contributed by atoms with Gasteiger partial charge in [0, 0.05) is 24.8 Å². The number of aromatic nitrogens is 1. The minimum absolute atomic E-state index is 0.179. The van der Waals surface area contributed by atoms with Gasteiger partial charge >= 0.3 is 0 Å². The number of anilines is 1. The quantitative estimate of drug-likeness (QED) is 0.632. The van der Waals surface area contributed by atoms with Gasteiger partial charge in [-0.25, -0.2) is 0 Å². The number of amides is 1. The van der Waals surface area contributed by atoms with Crippen molar-refractivity contribution in [2.45, 2.75) is 32.0 Å². The average molecular weight is 455 g/mol. The van der Waals surface area contributed by atoms with Gasteiger partial charge in [-0.3, -0.25) is 9.78 Å². The molecule has 3 aromatic rings. The molecule has 0 spiro atoms. The zero-order valence-electron chi connectivity index (χ0n) is 19.1. The van der Waals surface area contributed by atoms with Crippen LogP contribution >= 0.6 is 0 Å². The molecule has 1 atom stereocenters. The third-order valence-corrected chi connectivity index (χ3v) is 6.49. The van der Waals surface area contributed by atoms with E-state index in [-0.39, 0.29) is 11.8 Å². The zero-order valence-corrected chi connectivity index (χ0v) is 19.1. The highest BCUT2D eigenvalue weighted by Gasteiger charge is 2.23. The molecule has 5 rings (SSSR count). The highest BCUT2D eigenvalue weighted by atomic mass is 16.5. The first kappa shape index (κ1) is 21.9. The molecule has 1 aromatic heterocycles. The molecule has 3 heterocycles. The van der Waals surface area contributed by atoms with Crippen molar-refractivity contribution in [2.75, 3.05) is 25.2 Å². The number of pyridine rings is 1. The molecule has 0 aliphatic carbocycles. The Morgan fingerprint density at radius 1 is 1.24 bits per heavy atom. The van der Waals surface area contributed by atoms with Gasteiger partial charge in [0.25, 0.3) is 5.91 Å². The van der Waals surface area contributed by atoms with Gasteiger partial charge in [0.05, 0.1) is 50.2 Å². The summed E-state index contributed by atoms with van der Waals surface area (Å²) in [5.41, 5.74) is 6.73. The van der Waals surface area contributed by atoms with Crippen LogP contribution in [0.3, 0.4) is 0 Å². The molecule has 34 heavy (non-hydrogen) atoms. The molecule has 0 radical (unpaired) electrons. The number of nitrogens with one attached hydrogen (secondary N) is 1. The maximum absolute atomic E-state index is 12.8. The van der Waals surface area contributed by atoms with Crippen molar-refractivity contribution in [2.24, 2.45) is 0 Å². The number of ether oxygens (including phenoxy) is 2. The lowest BCUT2D eigenvalue weighted by atomic mass is 9.92. The number of rotatable bonds is 5. The van der Waals surface area contributed by atoms with Crippen LogP contribution in [0.2, 0.25) is 0 Å². The third-order valence-electron chi connectivity index (χ3n) is 6.49. The molecular weight excluding hydrogens is 428 g/mol. The van der Waals surface area contributed by atoms with E-state index in [2.05, 4.69) is 33.4 Å². The Bertz CT molecular complexity index is 1270. The molecule has 0 bridgehead atoms. The first-order chi connectivity index (χ1) is 16.7. The lowest BCUT2D eigenvalue weighted by Crippen LogP contribution is -2.31. The summed E-state index contributed by atoms with van der Waals surface area (Å²) in [6.07, 6.45) is 2.83. The van der Waals surface area contributed by atoms with Crippen molar-refractivity contribution in [3.05, 3.63) is 88.2 Å². The topological polar surface area (TPSA) is 87.5 Å². The van der Waals surface area contributed by atoms with Crippen LogP contribution < -0.4 is 15.0 Å². The monoisotopic (exact) mass is 454 g/mol. The fourth-order valence-electron chi connectivity index (χ4n) is 4.63. The first-order valence-corrected chi connectivity index (χ1v) is 11.4. The summed E-state index contributed by atoms with van der Waals surface area (Å²) in [6, 6.07) is 17.8. The Morgan fingerprint density at radius 2 is 2.12 bits per heavy atom. The lowest BCUT2D eigenvalue weighted by Gasteiger charge is -2.31. The zero-order chi connectivity index (χ0) is 23.5. The Kier molecular flexibility index (Phi) is 6.15. The number of benzene rings is 2. The van der Waals surface area contributed by atoms with Gasteiger partial charge in [-0.1, -0.05) is 18.2 Å². The Morgan fingerprint density at radius 3 is 2.97 bits per heavy atom. The second kappa shape index (κ2) is 9.54. The molecule has 1 amide bonds. The Hall–Kier alpha value is -3.89. The molecule has 1 unspecified atom stereocenters. The molecule has 2 aliphatic rings. The van der Waals surface area contributed by atoms with Crippen LogP contribution in [-0.4, -0.2) is 31.2 Å². The van der Waals surface area contributed by atoms with Gasteiger partial charge in [-0.15, -0.1) is 0 Å². The van der Waals surface area contributed by atoms with Crippen LogP contribution in [0.1, 0.15) is 44.2 Å². The summed E-state index contributed by atoms with van der Waals surface area (Å²) in [4.78, 5) is 19.7. The number of nitrogens with zero attached hydrogens (tertiary/aromatic N) is 3.